The molecule has 3 aromatic rings. The van der Waals surface area contributed by atoms with Gasteiger partial charge in [0.1, 0.15) is 11.5 Å². The molecule has 4 rings (SSSR count). The zero-order valence-corrected chi connectivity index (χ0v) is 20.4. The van der Waals surface area contributed by atoms with Crippen LogP contribution in [-0.2, 0) is 23.9 Å². The molecule has 1 N–H and O–H groups in total. The smallest absolute Gasteiger partial charge is 0.416 e. The van der Waals surface area contributed by atoms with Crippen LogP contribution in [0.15, 0.2) is 52.9 Å². The number of nitrogens with zero attached hydrogens (tertiary/aromatic N) is 2. The normalized spacial score (nSPS) is 18.5. The summed E-state index contributed by atoms with van der Waals surface area (Å²) in [7, 11) is 0. The topological polar surface area (TPSA) is 75.8 Å². The van der Waals surface area contributed by atoms with E-state index in [4.69, 9.17) is 9.15 Å². The molecule has 0 aliphatic carbocycles. The minimum atomic E-state index is -4.39. The molecule has 34 heavy (non-hydrogen) atoms. The Morgan fingerprint density at radius 2 is 1.88 bits per heavy atom. The molecule has 0 spiro atoms. The number of hydrogen-bond acceptors (Lipinski definition) is 5. The summed E-state index contributed by atoms with van der Waals surface area (Å²) in [6, 6.07) is 12.2. The molecule has 6 nitrogen and oxygen atoms in total. The molecular formula is C24H22F3IN2O4. The maximum absolute atomic E-state index is 12.7. The maximum atomic E-state index is 12.7. The maximum Gasteiger partial charge on any atom is 0.416 e. The highest BCUT2D eigenvalue weighted by Gasteiger charge is 2.49. The van der Waals surface area contributed by atoms with E-state index in [1.54, 1.807) is 6.92 Å². The van der Waals surface area contributed by atoms with Crippen LogP contribution in [0.25, 0.3) is 11.5 Å². The van der Waals surface area contributed by atoms with Crippen molar-refractivity contribution in [1.29, 1.82) is 0 Å². The lowest BCUT2D eigenvalue weighted by atomic mass is 10.0. The van der Waals surface area contributed by atoms with Gasteiger partial charge in [-0.1, -0.05) is 12.1 Å². The van der Waals surface area contributed by atoms with Crippen LogP contribution in [0.1, 0.15) is 29.0 Å². The lowest BCUT2D eigenvalue weighted by Crippen LogP contribution is -2.59. The molecule has 0 amide bonds. The fourth-order valence-corrected chi connectivity index (χ4v) is 4.33. The molecule has 0 saturated carbocycles. The summed E-state index contributed by atoms with van der Waals surface area (Å²) in [5.41, 5.74) is 1.43. The van der Waals surface area contributed by atoms with E-state index in [0.717, 1.165) is 24.2 Å². The van der Waals surface area contributed by atoms with Crippen molar-refractivity contribution in [3.8, 4) is 17.2 Å². The molecule has 1 atom stereocenters. The zero-order valence-electron chi connectivity index (χ0n) is 18.2. The molecule has 1 saturated heterocycles. The predicted octanol–water partition coefficient (Wildman–Crippen LogP) is 5.71. The minimum Gasteiger partial charge on any atom is -0.493 e. The summed E-state index contributed by atoms with van der Waals surface area (Å²) in [6.45, 7) is 3.41. The van der Waals surface area contributed by atoms with Crippen LogP contribution in [0.3, 0.4) is 0 Å². The summed E-state index contributed by atoms with van der Waals surface area (Å²) < 4.78 is 48.8. The van der Waals surface area contributed by atoms with Crippen molar-refractivity contribution in [3.05, 3.63) is 71.1 Å². The van der Waals surface area contributed by atoms with Gasteiger partial charge in [0.25, 0.3) is 0 Å². The van der Waals surface area contributed by atoms with E-state index in [9.17, 15) is 23.1 Å². The first-order chi connectivity index (χ1) is 16.1. The summed E-state index contributed by atoms with van der Waals surface area (Å²) in [5.74, 6) is 0.716. The van der Waals surface area contributed by atoms with E-state index in [2.05, 4.69) is 4.98 Å². The molecule has 1 aliphatic rings. The highest BCUT2D eigenvalue weighted by molar-refractivity contribution is 14.1. The van der Waals surface area contributed by atoms with Crippen molar-refractivity contribution >= 4 is 28.6 Å². The Balaban J connectivity index is 1.31. The van der Waals surface area contributed by atoms with E-state index in [1.807, 2.05) is 51.8 Å². The SMILES string of the molecule is Cc1oc(-c2ccc(C(F)(F)F)cc2)nc1CCOc1ccc(CN2CCC2(I)C(=O)O)cc1. The van der Waals surface area contributed by atoms with Gasteiger partial charge in [0, 0.05) is 25.1 Å². The predicted molar refractivity (Wildman–Crippen MR) is 127 cm³/mol. The van der Waals surface area contributed by atoms with Crippen molar-refractivity contribution in [2.45, 2.75) is 36.0 Å². The molecule has 2 aromatic carbocycles. The van der Waals surface area contributed by atoms with Crippen molar-refractivity contribution in [3.63, 3.8) is 0 Å². The fourth-order valence-electron chi connectivity index (χ4n) is 3.68. The Labute approximate surface area is 207 Å². The number of rotatable bonds is 8. The highest BCUT2D eigenvalue weighted by atomic mass is 127. The zero-order chi connectivity index (χ0) is 24.5. The van der Waals surface area contributed by atoms with Crippen LogP contribution < -0.4 is 4.74 Å². The largest absolute Gasteiger partial charge is 0.493 e. The molecule has 1 aromatic heterocycles. The van der Waals surface area contributed by atoms with Crippen LogP contribution >= 0.6 is 22.6 Å². The van der Waals surface area contributed by atoms with Gasteiger partial charge >= 0.3 is 12.1 Å². The molecule has 10 heteroatoms. The number of benzene rings is 2. The molecule has 0 bridgehead atoms. The first-order valence-corrected chi connectivity index (χ1v) is 11.7. The second-order valence-corrected chi connectivity index (χ2v) is 9.86. The van der Waals surface area contributed by atoms with Crippen LogP contribution in [0.5, 0.6) is 5.75 Å². The van der Waals surface area contributed by atoms with Gasteiger partial charge in [0.2, 0.25) is 5.89 Å². The number of alkyl halides is 4. The average Bonchev–Trinajstić information content (AvgIpc) is 3.17. The Morgan fingerprint density at radius 1 is 1.21 bits per heavy atom. The van der Waals surface area contributed by atoms with E-state index in [1.165, 1.54) is 12.1 Å². The summed E-state index contributed by atoms with van der Waals surface area (Å²) in [4.78, 5) is 17.8. The quantitative estimate of drug-likeness (QED) is 0.207. The Kier molecular flexibility index (Phi) is 6.90. The van der Waals surface area contributed by atoms with Crippen LogP contribution in [0.2, 0.25) is 0 Å². The van der Waals surface area contributed by atoms with Crippen LogP contribution in [-0.4, -0.2) is 37.7 Å². The number of oxazole rings is 1. The minimum absolute atomic E-state index is 0.268. The van der Waals surface area contributed by atoms with Crippen molar-refractivity contribution < 1.29 is 32.2 Å². The number of hydrogen-bond donors (Lipinski definition) is 1. The third kappa shape index (κ3) is 5.22. The standard InChI is InChI=1S/C24H22F3IN2O4/c1-15-20(29-21(34-15)17-4-6-18(7-5-17)24(25,26)27)10-13-33-19-8-2-16(3-9-19)14-30-12-11-23(30,28)22(31)32/h2-9H,10-14H2,1H3,(H,31,32). The monoisotopic (exact) mass is 586 g/mol. The van der Waals surface area contributed by atoms with Gasteiger partial charge in [-0.25, -0.2) is 9.78 Å². The lowest BCUT2D eigenvalue weighted by Gasteiger charge is -2.45. The second-order valence-electron chi connectivity index (χ2n) is 8.08. The fraction of sp³-hybridized carbons (Fsp3) is 0.333. The van der Waals surface area contributed by atoms with Crippen molar-refractivity contribution in [2.75, 3.05) is 13.2 Å². The van der Waals surface area contributed by atoms with E-state index >= 15 is 0 Å². The molecular weight excluding hydrogens is 564 g/mol. The number of carboxylic acid groups (broad SMARTS) is 1. The first kappa shape index (κ1) is 24.5. The summed E-state index contributed by atoms with van der Waals surface area (Å²) in [5, 5.41) is 9.38. The number of carboxylic acids is 1. The van der Waals surface area contributed by atoms with Crippen LogP contribution in [0, 0.1) is 6.92 Å². The van der Waals surface area contributed by atoms with E-state index in [0.29, 0.717) is 48.8 Å². The molecule has 180 valence electrons. The van der Waals surface area contributed by atoms with E-state index < -0.39 is 21.3 Å². The Hall–Kier alpha value is -2.60. The second kappa shape index (κ2) is 9.57. The molecule has 1 unspecified atom stereocenters. The van der Waals surface area contributed by atoms with Gasteiger partial charge in [-0.3, -0.25) is 4.90 Å². The Morgan fingerprint density at radius 3 is 2.44 bits per heavy atom. The third-order valence-electron chi connectivity index (χ3n) is 5.80. The van der Waals surface area contributed by atoms with Gasteiger partial charge in [-0.2, -0.15) is 13.2 Å². The number of ether oxygens (including phenoxy) is 1. The number of aliphatic carboxylic acids is 1. The number of aromatic nitrogens is 1. The number of aryl methyl sites for hydroxylation is 1. The average molecular weight is 586 g/mol. The number of carbonyl (C=O) groups is 1. The first-order valence-electron chi connectivity index (χ1n) is 10.6. The number of likely N-dealkylation sites (tertiary alicyclic amines) is 1. The van der Waals surface area contributed by atoms with Crippen molar-refractivity contribution in [1.82, 2.24) is 9.88 Å². The molecule has 0 radical (unpaired) electrons. The van der Waals surface area contributed by atoms with Crippen LogP contribution in [0.4, 0.5) is 13.2 Å². The lowest BCUT2D eigenvalue weighted by molar-refractivity contribution is -0.150. The highest BCUT2D eigenvalue weighted by Crippen LogP contribution is 2.38. The van der Waals surface area contributed by atoms with Gasteiger partial charge in [-0.15, -0.1) is 0 Å². The van der Waals surface area contributed by atoms with Crippen molar-refractivity contribution in [2.24, 2.45) is 0 Å². The van der Waals surface area contributed by atoms with Gasteiger partial charge in [0.05, 0.1) is 17.9 Å². The van der Waals surface area contributed by atoms with E-state index in [-0.39, 0.29) is 5.89 Å². The summed E-state index contributed by atoms with van der Waals surface area (Å²) in [6.07, 6.45) is -3.28. The van der Waals surface area contributed by atoms with Gasteiger partial charge in [-0.05, 0) is 77.9 Å². The summed E-state index contributed by atoms with van der Waals surface area (Å²) >= 11 is 1.99. The number of halogens is 4. The third-order valence-corrected chi connectivity index (χ3v) is 7.48. The molecule has 1 fully saturated rings. The molecule has 2 heterocycles. The van der Waals surface area contributed by atoms with Gasteiger partial charge in [0.15, 0.2) is 3.55 Å². The Bertz CT molecular complexity index is 1160. The van der Waals surface area contributed by atoms with Gasteiger partial charge < -0.3 is 14.3 Å². The molecule has 1 aliphatic heterocycles.